The van der Waals surface area contributed by atoms with E-state index in [-0.39, 0.29) is 11.9 Å². The van der Waals surface area contributed by atoms with Crippen LogP contribution in [0.3, 0.4) is 0 Å². The van der Waals surface area contributed by atoms with Crippen molar-refractivity contribution >= 4 is 34.1 Å². The van der Waals surface area contributed by atoms with E-state index in [0.29, 0.717) is 35.7 Å². The molecule has 0 bridgehead atoms. The van der Waals surface area contributed by atoms with Gasteiger partial charge in [-0.15, -0.1) is 0 Å². The van der Waals surface area contributed by atoms with E-state index in [1.54, 1.807) is 24.3 Å². The van der Waals surface area contributed by atoms with Crippen LogP contribution in [0.1, 0.15) is 43.0 Å². The van der Waals surface area contributed by atoms with E-state index >= 15 is 0 Å². The Morgan fingerprint density at radius 1 is 1.19 bits per heavy atom. The van der Waals surface area contributed by atoms with Gasteiger partial charge in [-0.1, -0.05) is 0 Å². The summed E-state index contributed by atoms with van der Waals surface area (Å²) >= 11 is 0. The molecular formula is C27H31N5O5. The van der Waals surface area contributed by atoms with Crippen LogP contribution in [0.5, 0.6) is 5.75 Å². The number of imidazole rings is 1. The number of benzene rings is 1. The zero-order valence-electron chi connectivity index (χ0n) is 21.3. The standard InChI is InChI=1S/C27H31N5O5/c1-15-4-7-19(37-27(28)34)14-31(15)25(33)18-10-20-23(22(12-18)35-3)30(2)24(29-20)21-11-17-8-9-36-26(17)32(21)13-16-5-6-16/h8-12,15-16,19H,4-7,13-14H2,1-3H3,(H2,28,34)/t15-,19+/m0/s1. The smallest absolute Gasteiger partial charge is 0.404 e. The third-order valence-corrected chi connectivity index (χ3v) is 7.65. The number of methoxy groups -OCH3 is 1. The number of primary amides is 1. The fourth-order valence-corrected chi connectivity index (χ4v) is 5.50. The monoisotopic (exact) mass is 505 g/mol. The van der Waals surface area contributed by atoms with E-state index in [1.807, 2.05) is 30.7 Å². The number of ether oxygens (including phenoxy) is 2. The fourth-order valence-electron chi connectivity index (χ4n) is 5.50. The number of aryl methyl sites for hydroxylation is 1. The zero-order valence-corrected chi connectivity index (χ0v) is 21.3. The summed E-state index contributed by atoms with van der Waals surface area (Å²) in [6, 6.07) is 7.65. The van der Waals surface area contributed by atoms with Crippen molar-refractivity contribution in [1.29, 1.82) is 0 Å². The highest BCUT2D eigenvalue weighted by molar-refractivity contribution is 6.00. The van der Waals surface area contributed by atoms with Crippen molar-refractivity contribution < 1.29 is 23.5 Å². The molecule has 1 saturated heterocycles. The minimum absolute atomic E-state index is 0.00218. The van der Waals surface area contributed by atoms with Gasteiger partial charge in [-0.3, -0.25) is 4.79 Å². The summed E-state index contributed by atoms with van der Waals surface area (Å²) < 4.78 is 21.0. The van der Waals surface area contributed by atoms with Gasteiger partial charge in [0.1, 0.15) is 17.4 Å². The highest BCUT2D eigenvalue weighted by atomic mass is 16.6. The van der Waals surface area contributed by atoms with Gasteiger partial charge in [-0.25, -0.2) is 9.78 Å². The maximum absolute atomic E-state index is 13.6. The number of carbonyl (C=O) groups is 2. The highest BCUT2D eigenvalue weighted by Crippen LogP contribution is 2.38. The second-order valence-electron chi connectivity index (χ2n) is 10.2. The van der Waals surface area contributed by atoms with Crippen LogP contribution in [0.4, 0.5) is 4.79 Å². The van der Waals surface area contributed by atoms with Crippen LogP contribution in [-0.4, -0.2) is 56.8 Å². The van der Waals surface area contributed by atoms with Crippen LogP contribution < -0.4 is 10.5 Å². The predicted molar refractivity (Wildman–Crippen MR) is 137 cm³/mol. The number of nitrogens with zero attached hydrogens (tertiary/aromatic N) is 4. The van der Waals surface area contributed by atoms with Crippen LogP contribution in [0.2, 0.25) is 0 Å². The molecule has 4 aromatic rings. The first-order valence-electron chi connectivity index (χ1n) is 12.7. The van der Waals surface area contributed by atoms with Crippen molar-refractivity contribution in [3.05, 3.63) is 36.1 Å². The molecule has 2 N–H and O–H groups in total. The highest BCUT2D eigenvalue weighted by Gasteiger charge is 2.32. The SMILES string of the molecule is COc1cc(C(=O)N2C[C@H](OC(N)=O)CC[C@@H]2C)cc2nc(-c3cc4ccoc4n3CC3CC3)n(C)c12. The normalized spacial score (nSPS) is 20.0. The van der Waals surface area contributed by atoms with Crippen LogP contribution in [0.15, 0.2) is 34.9 Å². The molecule has 2 aliphatic rings. The van der Waals surface area contributed by atoms with E-state index in [2.05, 4.69) is 10.6 Å². The molecule has 10 nitrogen and oxygen atoms in total. The average Bonchev–Trinajstić information content (AvgIpc) is 3.32. The quantitative estimate of drug-likeness (QED) is 0.418. The minimum atomic E-state index is -0.825. The fraction of sp³-hybridized carbons (Fsp3) is 0.444. The van der Waals surface area contributed by atoms with Crippen molar-refractivity contribution in [2.24, 2.45) is 18.7 Å². The summed E-state index contributed by atoms with van der Waals surface area (Å²) in [5.41, 5.74) is 9.00. The summed E-state index contributed by atoms with van der Waals surface area (Å²) in [5, 5.41) is 1.04. The van der Waals surface area contributed by atoms with Gasteiger partial charge in [0.05, 0.1) is 31.1 Å². The van der Waals surface area contributed by atoms with E-state index < -0.39 is 12.2 Å². The van der Waals surface area contributed by atoms with Crippen molar-refractivity contribution in [3.8, 4) is 17.3 Å². The van der Waals surface area contributed by atoms with Crippen molar-refractivity contribution in [1.82, 2.24) is 19.0 Å². The molecule has 37 heavy (non-hydrogen) atoms. The van der Waals surface area contributed by atoms with Crippen LogP contribution in [-0.2, 0) is 18.3 Å². The van der Waals surface area contributed by atoms with Gasteiger partial charge in [0.25, 0.3) is 5.91 Å². The van der Waals surface area contributed by atoms with Gasteiger partial charge < -0.3 is 33.7 Å². The van der Waals surface area contributed by atoms with E-state index in [9.17, 15) is 9.59 Å². The molecule has 0 radical (unpaired) electrons. The number of likely N-dealkylation sites (tertiary alicyclic amines) is 1. The Balaban J connectivity index is 1.40. The number of fused-ring (bicyclic) bond motifs is 2. The molecule has 4 heterocycles. The molecule has 2 atom stereocenters. The molecular weight excluding hydrogens is 474 g/mol. The van der Waals surface area contributed by atoms with Crippen molar-refractivity contribution in [3.63, 3.8) is 0 Å². The number of nitrogens with two attached hydrogens (primary N) is 1. The van der Waals surface area contributed by atoms with Gasteiger partial charge in [0, 0.05) is 30.6 Å². The molecule has 0 spiro atoms. The van der Waals surface area contributed by atoms with Gasteiger partial charge in [-0.2, -0.15) is 0 Å². The Kier molecular flexibility index (Phi) is 5.62. The Morgan fingerprint density at radius 2 is 2.00 bits per heavy atom. The van der Waals surface area contributed by atoms with Gasteiger partial charge in [0.15, 0.2) is 5.82 Å². The summed E-state index contributed by atoms with van der Waals surface area (Å²) in [6.45, 7) is 3.18. The largest absolute Gasteiger partial charge is 0.494 e. The van der Waals surface area contributed by atoms with E-state index in [0.717, 1.165) is 41.1 Å². The van der Waals surface area contributed by atoms with Gasteiger partial charge in [0.2, 0.25) is 5.71 Å². The number of carbonyl (C=O) groups excluding carboxylic acids is 2. The summed E-state index contributed by atoms with van der Waals surface area (Å²) in [4.78, 5) is 31.6. The predicted octanol–water partition coefficient (Wildman–Crippen LogP) is 4.30. The summed E-state index contributed by atoms with van der Waals surface area (Å²) in [7, 11) is 3.56. The first-order valence-corrected chi connectivity index (χ1v) is 12.7. The molecule has 6 rings (SSSR count). The van der Waals surface area contributed by atoms with E-state index in [4.69, 9.17) is 24.6 Å². The van der Waals surface area contributed by atoms with Crippen LogP contribution in [0.25, 0.3) is 33.7 Å². The number of amides is 2. The third-order valence-electron chi connectivity index (χ3n) is 7.65. The number of aromatic nitrogens is 3. The first-order chi connectivity index (χ1) is 17.8. The number of piperidine rings is 1. The third kappa shape index (κ3) is 4.10. The number of rotatable bonds is 6. The second kappa shape index (κ2) is 8.86. The second-order valence-corrected chi connectivity index (χ2v) is 10.2. The zero-order chi connectivity index (χ0) is 25.8. The molecule has 1 aromatic carbocycles. The molecule has 1 saturated carbocycles. The summed E-state index contributed by atoms with van der Waals surface area (Å²) in [5.74, 6) is 1.85. The first kappa shape index (κ1) is 23.4. The molecule has 2 fully saturated rings. The molecule has 10 heteroatoms. The summed E-state index contributed by atoms with van der Waals surface area (Å²) in [6.07, 6.45) is 4.31. The van der Waals surface area contributed by atoms with Gasteiger partial charge in [-0.05, 0) is 62.8 Å². The lowest BCUT2D eigenvalue weighted by Gasteiger charge is -2.37. The topological polar surface area (TPSA) is 118 Å². The van der Waals surface area contributed by atoms with Crippen molar-refractivity contribution in [2.75, 3.05) is 13.7 Å². The van der Waals surface area contributed by atoms with Crippen molar-refractivity contribution in [2.45, 2.75) is 51.3 Å². The Hall–Kier alpha value is -3.95. The Labute approximate surface area is 213 Å². The molecule has 1 aliphatic heterocycles. The van der Waals surface area contributed by atoms with Gasteiger partial charge >= 0.3 is 6.09 Å². The van der Waals surface area contributed by atoms with Crippen LogP contribution in [0, 0.1) is 5.92 Å². The maximum atomic E-state index is 13.6. The molecule has 3 aromatic heterocycles. The number of hydrogen-bond donors (Lipinski definition) is 1. The molecule has 194 valence electrons. The maximum Gasteiger partial charge on any atom is 0.404 e. The molecule has 0 unspecified atom stereocenters. The Morgan fingerprint density at radius 3 is 2.73 bits per heavy atom. The molecule has 1 aliphatic carbocycles. The average molecular weight is 506 g/mol. The number of hydrogen-bond acceptors (Lipinski definition) is 6. The van der Waals surface area contributed by atoms with Crippen LogP contribution >= 0.6 is 0 Å². The lowest BCUT2D eigenvalue weighted by atomic mass is 9.99. The Bertz CT molecular complexity index is 1510. The molecule has 2 amide bonds. The lowest BCUT2D eigenvalue weighted by molar-refractivity contribution is 0.0220. The lowest BCUT2D eigenvalue weighted by Crippen LogP contribution is -2.49. The number of furan rings is 1. The van der Waals surface area contributed by atoms with E-state index in [1.165, 1.54) is 12.8 Å². The minimum Gasteiger partial charge on any atom is -0.494 e.